The SMILES string of the molecule is CCCC(O)C[C@@H](C)C(=O)OC. The summed E-state index contributed by atoms with van der Waals surface area (Å²) in [5, 5.41) is 9.36. The highest BCUT2D eigenvalue weighted by molar-refractivity contribution is 5.71. The number of rotatable bonds is 5. The zero-order valence-corrected chi connectivity index (χ0v) is 8.04. The molecule has 0 saturated carbocycles. The average molecular weight is 174 g/mol. The monoisotopic (exact) mass is 174 g/mol. The van der Waals surface area contributed by atoms with Crippen molar-refractivity contribution in [1.29, 1.82) is 0 Å². The van der Waals surface area contributed by atoms with E-state index in [9.17, 15) is 9.90 Å². The maximum absolute atomic E-state index is 10.9. The van der Waals surface area contributed by atoms with Crippen LogP contribution in [0.3, 0.4) is 0 Å². The number of aliphatic hydroxyl groups excluding tert-OH is 1. The molecule has 0 aromatic carbocycles. The fourth-order valence-corrected chi connectivity index (χ4v) is 1.16. The van der Waals surface area contributed by atoms with Gasteiger partial charge in [0.15, 0.2) is 0 Å². The number of hydrogen-bond acceptors (Lipinski definition) is 3. The first kappa shape index (κ1) is 11.4. The molecule has 0 aromatic heterocycles. The second kappa shape index (κ2) is 6.00. The summed E-state index contributed by atoms with van der Waals surface area (Å²) in [5.41, 5.74) is 0. The van der Waals surface area contributed by atoms with Crippen molar-refractivity contribution >= 4 is 5.97 Å². The predicted octanol–water partition coefficient (Wildman–Crippen LogP) is 1.35. The maximum Gasteiger partial charge on any atom is 0.308 e. The van der Waals surface area contributed by atoms with Crippen molar-refractivity contribution in [1.82, 2.24) is 0 Å². The number of esters is 1. The van der Waals surface area contributed by atoms with Crippen LogP contribution in [0.2, 0.25) is 0 Å². The van der Waals surface area contributed by atoms with Gasteiger partial charge in [-0.3, -0.25) is 4.79 Å². The maximum atomic E-state index is 10.9. The minimum absolute atomic E-state index is 0.198. The molecule has 0 saturated heterocycles. The van der Waals surface area contributed by atoms with Gasteiger partial charge in [0, 0.05) is 0 Å². The fourth-order valence-electron chi connectivity index (χ4n) is 1.16. The molecule has 0 fully saturated rings. The highest BCUT2D eigenvalue weighted by atomic mass is 16.5. The molecular formula is C9H18O3. The first-order chi connectivity index (χ1) is 5.61. The lowest BCUT2D eigenvalue weighted by Crippen LogP contribution is -2.19. The summed E-state index contributed by atoms with van der Waals surface area (Å²) in [6.07, 6.45) is 1.82. The largest absolute Gasteiger partial charge is 0.469 e. The van der Waals surface area contributed by atoms with E-state index in [-0.39, 0.29) is 18.0 Å². The number of aliphatic hydroxyl groups is 1. The van der Waals surface area contributed by atoms with Crippen LogP contribution in [0.15, 0.2) is 0 Å². The third kappa shape index (κ3) is 4.34. The van der Waals surface area contributed by atoms with Gasteiger partial charge in [0.05, 0.1) is 19.1 Å². The molecule has 0 spiro atoms. The van der Waals surface area contributed by atoms with Crippen molar-refractivity contribution < 1.29 is 14.6 Å². The Morgan fingerprint density at radius 2 is 2.17 bits per heavy atom. The van der Waals surface area contributed by atoms with Crippen molar-refractivity contribution in [2.75, 3.05) is 7.11 Å². The van der Waals surface area contributed by atoms with Crippen LogP contribution < -0.4 is 0 Å². The van der Waals surface area contributed by atoms with E-state index >= 15 is 0 Å². The van der Waals surface area contributed by atoms with Gasteiger partial charge >= 0.3 is 5.97 Å². The van der Waals surface area contributed by atoms with E-state index in [0.717, 1.165) is 12.8 Å². The lowest BCUT2D eigenvalue weighted by atomic mass is 10.0. The van der Waals surface area contributed by atoms with Gasteiger partial charge in [0.2, 0.25) is 0 Å². The van der Waals surface area contributed by atoms with Crippen molar-refractivity contribution in [2.45, 2.75) is 39.2 Å². The standard InChI is InChI=1S/C9H18O3/c1-4-5-8(10)6-7(2)9(11)12-3/h7-8,10H,4-6H2,1-3H3/t7-,8?/m1/s1. The van der Waals surface area contributed by atoms with Crippen molar-refractivity contribution in [3.05, 3.63) is 0 Å². The van der Waals surface area contributed by atoms with Gasteiger partial charge in [-0.05, 0) is 12.8 Å². The topological polar surface area (TPSA) is 46.5 Å². The van der Waals surface area contributed by atoms with E-state index in [1.165, 1.54) is 7.11 Å². The zero-order chi connectivity index (χ0) is 9.56. The van der Waals surface area contributed by atoms with Crippen LogP contribution in [0.1, 0.15) is 33.1 Å². The number of carbonyl (C=O) groups is 1. The molecule has 0 heterocycles. The minimum Gasteiger partial charge on any atom is -0.469 e. The minimum atomic E-state index is -0.371. The molecule has 3 heteroatoms. The van der Waals surface area contributed by atoms with Crippen molar-refractivity contribution in [2.24, 2.45) is 5.92 Å². The zero-order valence-electron chi connectivity index (χ0n) is 8.04. The van der Waals surface area contributed by atoms with E-state index < -0.39 is 0 Å². The highest BCUT2D eigenvalue weighted by Gasteiger charge is 2.16. The van der Waals surface area contributed by atoms with Gasteiger partial charge in [-0.2, -0.15) is 0 Å². The smallest absolute Gasteiger partial charge is 0.308 e. The quantitative estimate of drug-likeness (QED) is 0.640. The van der Waals surface area contributed by atoms with Gasteiger partial charge in [-0.25, -0.2) is 0 Å². The van der Waals surface area contributed by atoms with Crippen LogP contribution in [-0.2, 0) is 9.53 Å². The molecule has 0 radical (unpaired) electrons. The lowest BCUT2D eigenvalue weighted by Gasteiger charge is -2.13. The molecule has 0 amide bonds. The van der Waals surface area contributed by atoms with Crippen LogP contribution in [-0.4, -0.2) is 24.3 Å². The highest BCUT2D eigenvalue weighted by Crippen LogP contribution is 2.11. The van der Waals surface area contributed by atoms with E-state index in [2.05, 4.69) is 4.74 Å². The van der Waals surface area contributed by atoms with Crippen LogP contribution >= 0.6 is 0 Å². The third-order valence-electron chi connectivity index (χ3n) is 1.85. The first-order valence-electron chi connectivity index (χ1n) is 4.37. The summed E-state index contributed by atoms with van der Waals surface area (Å²) in [7, 11) is 1.37. The summed E-state index contributed by atoms with van der Waals surface area (Å²) >= 11 is 0. The fraction of sp³-hybridized carbons (Fsp3) is 0.889. The Labute approximate surface area is 73.7 Å². The Morgan fingerprint density at radius 3 is 2.58 bits per heavy atom. The summed E-state index contributed by atoms with van der Waals surface area (Å²) in [5.74, 6) is -0.443. The number of methoxy groups -OCH3 is 1. The normalized spacial score (nSPS) is 15.3. The third-order valence-corrected chi connectivity index (χ3v) is 1.85. The number of ether oxygens (including phenoxy) is 1. The van der Waals surface area contributed by atoms with E-state index in [0.29, 0.717) is 6.42 Å². The van der Waals surface area contributed by atoms with Gasteiger partial charge in [0.25, 0.3) is 0 Å². The average Bonchev–Trinajstić information content (AvgIpc) is 2.03. The molecule has 3 nitrogen and oxygen atoms in total. The molecule has 72 valence electrons. The van der Waals surface area contributed by atoms with Crippen LogP contribution in [0.25, 0.3) is 0 Å². The number of hydrogen-bond donors (Lipinski definition) is 1. The van der Waals surface area contributed by atoms with E-state index in [1.807, 2.05) is 6.92 Å². The summed E-state index contributed by atoms with van der Waals surface area (Å²) in [6, 6.07) is 0. The Bertz CT molecular complexity index is 134. The molecular weight excluding hydrogens is 156 g/mol. The predicted molar refractivity (Wildman–Crippen MR) is 46.7 cm³/mol. The second-order valence-corrected chi connectivity index (χ2v) is 3.10. The Hall–Kier alpha value is -0.570. The molecule has 0 aromatic rings. The Morgan fingerprint density at radius 1 is 1.58 bits per heavy atom. The van der Waals surface area contributed by atoms with Crippen molar-refractivity contribution in [3.8, 4) is 0 Å². The van der Waals surface area contributed by atoms with E-state index in [1.54, 1.807) is 6.92 Å². The van der Waals surface area contributed by atoms with Crippen LogP contribution in [0, 0.1) is 5.92 Å². The molecule has 0 bridgehead atoms. The van der Waals surface area contributed by atoms with Gasteiger partial charge < -0.3 is 9.84 Å². The molecule has 1 unspecified atom stereocenters. The number of carbonyl (C=O) groups excluding carboxylic acids is 1. The molecule has 1 N–H and O–H groups in total. The second-order valence-electron chi connectivity index (χ2n) is 3.10. The van der Waals surface area contributed by atoms with Crippen LogP contribution in [0.5, 0.6) is 0 Å². The van der Waals surface area contributed by atoms with E-state index in [4.69, 9.17) is 0 Å². The molecule has 2 atom stereocenters. The summed E-state index contributed by atoms with van der Waals surface area (Å²) < 4.78 is 4.54. The first-order valence-corrected chi connectivity index (χ1v) is 4.37. The molecule has 12 heavy (non-hydrogen) atoms. The van der Waals surface area contributed by atoms with Gasteiger partial charge in [-0.15, -0.1) is 0 Å². The van der Waals surface area contributed by atoms with Crippen molar-refractivity contribution in [3.63, 3.8) is 0 Å². The molecule has 0 rings (SSSR count). The Kier molecular flexibility index (Phi) is 5.72. The molecule has 0 aliphatic rings. The summed E-state index contributed by atoms with van der Waals surface area (Å²) in [4.78, 5) is 10.9. The summed E-state index contributed by atoms with van der Waals surface area (Å²) in [6.45, 7) is 3.77. The Balaban J connectivity index is 3.67. The van der Waals surface area contributed by atoms with Gasteiger partial charge in [-0.1, -0.05) is 20.3 Å². The molecule has 0 aliphatic heterocycles. The lowest BCUT2D eigenvalue weighted by molar-refractivity contribution is -0.145. The molecule has 0 aliphatic carbocycles. The van der Waals surface area contributed by atoms with Gasteiger partial charge in [0.1, 0.15) is 0 Å². The van der Waals surface area contributed by atoms with Crippen LogP contribution in [0.4, 0.5) is 0 Å².